The highest BCUT2D eigenvalue weighted by Gasteiger charge is 2.10. The Hall–Kier alpha value is -2.49. The third-order valence-corrected chi connectivity index (χ3v) is 1.78. The maximum atomic E-state index is 8.46. The van der Waals surface area contributed by atoms with Crippen molar-refractivity contribution in [2.24, 2.45) is 0 Å². The molecule has 0 atom stereocenters. The second kappa shape index (κ2) is 4.35. The highest BCUT2D eigenvalue weighted by atomic mass is 16.5. The minimum Gasteiger partial charge on any atom is -0.481 e. The molecule has 0 amide bonds. The summed E-state index contributed by atoms with van der Waals surface area (Å²) in [5.74, 6) is 0.984. The summed E-state index contributed by atoms with van der Waals surface area (Å²) in [6.07, 6.45) is 1.42. The van der Waals surface area contributed by atoms with Crippen LogP contribution >= 0.6 is 0 Å². The van der Waals surface area contributed by atoms with Crippen molar-refractivity contribution in [2.45, 2.75) is 6.42 Å². The van der Waals surface area contributed by atoms with Crippen molar-refractivity contribution in [1.82, 2.24) is 20.1 Å². The lowest BCUT2D eigenvalue weighted by Gasteiger charge is -1.97. The smallest absolute Gasteiger partial charge is 0.241 e. The lowest BCUT2D eigenvalue weighted by atomic mass is 10.4. The summed E-state index contributed by atoms with van der Waals surface area (Å²) in [5, 5.41) is 12.2. The van der Waals surface area contributed by atoms with Crippen molar-refractivity contribution in [3.8, 4) is 23.5 Å². The van der Waals surface area contributed by atoms with E-state index >= 15 is 0 Å². The Kier molecular flexibility index (Phi) is 2.73. The zero-order valence-corrected chi connectivity index (χ0v) is 8.41. The van der Waals surface area contributed by atoms with E-state index in [9.17, 15) is 0 Å². The van der Waals surface area contributed by atoms with E-state index in [1.807, 2.05) is 6.07 Å². The molecule has 16 heavy (non-hydrogen) atoms. The number of methoxy groups -OCH3 is 1. The number of hydrogen-bond acceptors (Lipinski definition) is 7. The van der Waals surface area contributed by atoms with Gasteiger partial charge in [-0.25, -0.2) is 9.97 Å². The van der Waals surface area contributed by atoms with E-state index in [4.69, 9.17) is 14.5 Å². The molecule has 80 valence electrons. The average Bonchev–Trinajstić information content (AvgIpc) is 2.78. The van der Waals surface area contributed by atoms with Crippen molar-refractivity contribution >= 4 is 0 Å². The van der Waals surface area contributed by atoms with Crippen LogP contribution in [0.25, 0.3) is 11.5 Å². The van der Waals surface area contributed by atoms with E-state index in [2.05, 4.69) is 20.1 Å². The molecule has 7 heteroatoms. The minimum absolute atomic E-state index is 0.0786. The summed E-state index contributed by atoms with van der Waals surface area (Å²) < 4.78 is 9.79. The van der Waals surface area contributed by atoms with E-state index in [0.29, 0.717) is 17.4 Å². The number of ether oxygens (including phenoxy) is 1. The van der Waals surface area contributed by atoms with Crippen LogP contribution in [-0.4, -0.2) is 27.2 Å². The zero-order valence-electron chi connectivity index (χ0n) is 8.41. The van der Waals surface area contributed by atoms with Gasteiger partial charge in [0.15, 0.2) is 0 Å². The number of nitriles is 1. The van der Waals surface area contributed by atoms with E-state index < -0.39 is 0 Å². The molecule has 0 fully saturated rings. The zero-order chi connectivity index (χ0) is 11.4. The topological polar surface area (TPSA) is 97.7 Å². The van der Waals surface area contributed by atoms with Gasteiger partial charge in [0.05, 0.1) is 13.2 Å². The second-order valence-electron chi connectivity index (χ2n) is 2.79. The average molecular weight is 217 g/mol. The largest absolute Gasteiger partial charge is 0.481 e. The fraction of sp³-hybridized carbons (Fsp3) is 0.222. The molecule has 0 aliphatic heterocycles. The fourth-order valence-electron chi connectivity index (χ4n) is 1.07. The third kappa shape index (κ3) is 1.95. The Labute approximate surface area is 90.7 Å². The molecule has 0 unspecified atom stereocenters. The van der Waals surface area contributed by atoms with Gasteiger partial charge in [0.2, 0.25) is 17.6 Å². The van der Waals surface area contributed by atoms with Gasteiger partial charge in [0, 0.05) is 6.07 Å². The van der Waals surface area contributed by atoms with Crippen LogP contribution < -0.4 is 4.74 Å². The molecule has 0 aliphatic rings. The third-order valence-electron chi connectivity index (χ3n) is 1.78. The summed E-state index contributed by atoms with van der Waals surface area (Å²) in [5.41, 5.74) is 0.486. The van der Waals surface area contributed by atoms with Crippen molar-refractivity contribution in [2.75, 3.05) is 7.11 Å². The van der Waals surface area contributed by atoms with Gasteiger partial charge in [0.25, 0.3) is 0 Å². The van der Waals surface area contributed by atoms with Gasteiger partial charge < -0.3 is 9.26 Å². The molecular weight excluding hydrogens is 210 g/mol. The summed E-state index contributed by atoms with van der Waals surface area (Å²) in [6, 6.07) is 3.50. The standard InChI is InChI=1S/C9H7N5O2/c1-15-8-4-6(11-5-12-8)9-13-7(2-3-10)16-14-9/h4-5H,2H2,1H3. The summed E-state index contributed by atoms with van der Waals surface area (Å²) in [7, 11) is 1.50. The van der Waals surface area contributed by atoms with Gasteiger partial charge in [0.1, 0.15) is 18.4 Å². The summed E-state index contributed by atoms with van der Waals surface area (Å²) in [4.78, 5) is 11.8. The minimum atomic E-state index is 0.0786. The van der Waals surface area contributed by atoms with Crippen LogP contribution in [0.5, 0.6) is 5.88 Å². The van der Waals surface area contributed by atoms with Crippen LogP contribution in [0.4, 0.5) is 0 Å². The van der Waals surface area contributed by atoms with Crippen molar-refractivity contribution in [3.05, 3.63) is 18.3 Å². The van der Waals surface area contributed by atoms with Gasteiger partial charge in [-0.3, -0.25) is 0 Å². The van der Waals surface area contributed by atoms with Crippen LogP contribution in [0.3, 0.4) is 0 Å². The van der Waals surface area contributed by atoms with Crippen LogP contribution in [-0.2, 0) is 6.42 Å². The van der Waals surface area contributed by atoms with Gasteiger partial charge in [-0.05, 0) is 0 Å². The molecule has 7 nitrogen and oxygen atoms in total. The Balaban J connectivity index is 2.31. The molecular formula is C9H7N5O2. The Bertz CT molecular complexity index is 531. The number of aromatic nitrogens is 4. The highest BCUT2D eigenvalue weighted by molar-refractivity contribution is 5.49. The van der Waals surface area contributed by atoms with Crippen LogP contribution in [0.1, 0.15) is 5.89 Å². The first kappa shape index (κ1) is 10.0. The van der Waals surface area contributed by atoms with Crippen molar-refractivity contribution < 1.29 is 9.26 Å². The Morgan fingerprint density at radius 2 is 2.38 bits per heavy atom. The van der Waals surface area contributed by atoms with E-state index in [-0.39, 0.29) is 12.3 Å². The normalized spacial score (nSPS) is 9.75. The predicted molar refractivity (Wildman–Crippen MR) is 51.2 cm³/mol. The fourth-order valence-corrected chi connectivity index (χ4v) is 1.07. The van der Waals surface area contributed by atoms with E-state index in [1.54, 1.807) is 6.07 Å². The molecule has 0 spiro atoms. The molecule has 2 rings (SSSR count). The van der Waals surface area contributed by atoms with Gasteiger partial charge in [-0.1, -0.05) is 5.16 Å². The van der Waals surface area contributed by atoms with E-state index in [0.717, 1.165) is 0 Å². The molecule has 0 N–H and O–H groups in total. The SMILES string of the molecule is COc1cc(-c2noc(CC#N)n2)ncn1. The monoisotopic (exact) mass is 217 g/mol. The van der Waals surface area contributed by atoms with Crippen LogP contribution in [0.15, 0.2) is 16.9 Å². The number of hydrogen-bond donors (Lipinski definition) is 0. The second-order valence-corrected chi connectivity index (χ2v) is 2.79. The number of rotatable bonds is 3. The van der Waals surface area contributed by atoms with Crippen molar-refractivity contribution in [1.29, 1.82) is 5.26 Å². The Morgan fingerprint density at radius 1 is 1.50 bits per heavy atom. The Morgan fingerprint density at radius 3 is 3.12 bits per heavy atom. The van der Waals surface area contributed by atoms with Crippen LogP contribution in [0.2, 0.25) is 0 Å². The lowest BCUT2D eigenvalue weighted by molar-refractivity contribution is 0.387. The molecule has 0 saturated heterocycles. The van der Waals surface area contributed by atoms with Gasteiger partial charge in [-0.15, -0.1) is 0 Å². The summed E-state index contributed by atoms with van der Waals surface area (Å²) >= 11 is 0. The molecule has 0 aromatic carbocycles. The molecule has 0 bridgehead atoms. The van der Waals surface area contributed by atoms with Crippen LogP contribution in [0, 0.1) is 11.3 Å². The molecule has 2 aromatic rings. The molecule has 2 heterocycles. The number of nitrogens with zero attached hydrogens (tertiary/aromatic N) is 5. The highest BCUT2D eigenvalue weighted by Crippen LogP contribution is 2.16. The molecule has 0 radical (unpaired) electrons. The molecule has 0 saturated carbocycles. The van der Waals surface area contributed by atoms with E-state index in [1.165, 1.54) is 13.4 Å². The van der Waals surface area contributed by atoms with Crippen molar-refractivity contribution in [3.63, 3.8) is 0 Å². The quantitative estimate of drug-likeness (QED) is 0.742. The van der Waals surface area contributed by atoms with Gasteiger partial charge >= 0.3 is 0 Å². The van der Waals surface area contributed by atoms with Gasteiger partial charge in [-0.2, -0.15) is 10.2 Å². The maximum Gasteiger partial charge on any atom is 0.241 e. The first-order valence-corrected chi connectivity index (χ1v) is 4.39. The molecule has 2 aromatic heterocycles. The lowest BCUT2D eigenvalue weighted by Crippen LogP contribution is -1.92. The first-order chi connectivity index (χ1) is 7.83. The summed E-state index contributed by atoms with van der Waals surface area (Å²) in [6.45, 7) is 0. The predicted octanol–water partition coefficient (Wildman–Crippen LogP) is 0.601. The first-order valence-electron chi connectivity index (χ1n) is 4.39. The molecule has 0 aliphatic carbocycles. The maximum absolute atomic E-state index is 8.46.